The van der Waals surface area contributed by atoms with Gasteiger partial charge in [-0.15, -0.1) is 24.8 Å². The molecule has 52 heavy (non-hydrogen) atoms. The molecule has 0 bridgehead atoms. The van der Waals surface area contributed by atoms with Crippen molar-refractivity contribution in [3.8, 4) is 11.5 Å². The molecule has 1 aliphatic carbocycles. The standard InChI is InChI=1S/C34H52N4O12.2ClH/c39-11-15-47-19-23-49-21-17-45-13-9-35-5-7-37-25-1-2-26(38-8-6-36-10-14-46-18-22-50-24-20-48-16-12-40)30-29(25)33(43)31-27(41)3-4-28(42)32(31)34(30)44;;/h1-4,35-42H,5-24H2;2*1H. The average Bonchev–Trinajstić information content (AvgIpc) is 3.11. The van der Waals surface area contributed by atoms with Crippen LogP contribution in [0.25, 0.3) is 0 Å². The topological polar surface area (TPSA) is 219 Å². The van der Waals surface area contributed by atoms with Gasteiger partial charge in [-0.1, -0.05) is 0 Å². The minimum absolute atomic E-state index is 0. The van der Waals surface area contributed by atoms with Crippen LogP contribution in [-0.4, -0.2) is 164 Å². The first-order chi connectivity index (χ1) is 24.5. The third kappa shape index (κ3) is 16.0. The van der Waals surface area contributed by atoms with Gasteiger partial charge >= 0.3 is 0 Å². The van der Waals surface area contributed by atoms with Crippen LogP contribution in [0.4, 0.5) is 11.4 Å². The number of hydrogen-bond acceptors (Lipinski definition) is 16. The lowest BCUT2D eigenvalue weighted by atomic mass is 9.81. The van der Waals surface area contributed by atoms with E-state index < -0.39 is 11.6 Å². The van der Waals surface area contributed by atoms with Crippen molar-refractivity contribution in [3.63, 3.8) is 0 Å². The number of aromatic hydroxyl groups is 2. The molecule has 0 radical (unpaired) electrons. The van der Waals surface area contributed by atoms with Crippen molar-refractivity contribution < 1.29 is 58.4 Å². The summed E-state index contributed by atoms with van der Waals surface area (Å²) in [5.74, 6) is -1.87. The van der Waals surface area contributed by atoms with Gasteiger partial charge in [-0.3, -0.25) is 9.59 Å². The lowest BCUT2D eigenvalue weighted by Gasteiger charge is -2.25. The predicted octanol–water partition coefficient (Wildman–Crippen LogP) is 0.804. The Bertz CT molecular complexity index is 1220. The number of phenolic OH excluding ortho intramolecular Hbond substituents is 2. The summed E-state index contributed by atoms with van der Waals surface area (Å²) in [6.45, 7) is 8.16. The van der Waals surface area contributed by atoms with Gasteiger partial charge in [0.05, 0.1) is 115 Å². The average molecular weight is 782 g/mol. The predicted molar refractivity (Wildman–Crippen MR) is 199 cm³/mol. The Hall–Kier alpha value is -2.84. The summed E-state index contributed by atoms with van der Waals surface area (Å²) in [6, 6.07) is 5.84. The highest BCUT2D eigenvalue weighted by atomic mass is 35.5. The van der Waals surface area contributed by atoms with Crippen molar-refractivity contribution in [2.24, 2.45) is 0 Å². The van der Waals surface area contributed by atoms with E-state index >= 15 is 0 Å². The van der Waals surface area contributed by atoms with E-state index in [1.165, 1.54) is 12.1 Å². The van der Waals surface area contributed by atoms with Gasteiger partial charge in [0.2, 0.25) is 11.6 Å². The van der Waals surface area contributed by atoms with Crippen LogP contribution >= 0.6 is 24.8 Å². The zero-order valence-electron chi connectivity index (χ0n) is 29.3. The van der Waals surface area contributed by atoms with Crippen molar-refractivity contribution in [2.45, 2.75) is 0 Å². The first-order valence-electron chi connectivity index (χ1n) is 16.9. The number of aliphatic hydroxyl groups is 2. The lowest BCUT2D eigenvalue weighted by molar-refractivity contribution is 0.00824. The van der Waals surface area contributed by atoms with Gasteiger partial charge < -0.3 is 70.1 Å². The Labute approximate surface area is 316 Å². The second kappa shape index (κ2) is 28.6. The summed E-state index contributed by atoms with van der Waals surface area (Å²) in [7, 11) is 0. The van der Waals surface area contributed by atoms with E-state index in [0.717, 1.165) is 0 Å². The maximum atomic E-state index is 13.7. The molecule has 0 unspecified atom stereocenters. The molecule has 3 rings (SSSR count). The van der Waals surface area contributed by atoms with E-state index in [-0.39, 0.29) is 71.8 Å². The highest BCUT2D eigenvalue weighted by Crippen LogP contribution is 2.42. The molecule has 0 fully saturated rings. The van der Waals surface area contributed by atoms with Crippen molar-refractivity contribution in [2.75, 3.05) is 142 Å². The molecule has 0 saturated heterocycles. The molecular weight excluding hydrogens is 727 g/mol. The number of ketones is 2. The smallest absolute Gasteiger partial charge is 0.200 e. The number of carbonyl (C=O) groups is 2. The monoisotopic (exact) mass is 780 g/mol. The van der Waals surface area contributed by atoms with Crippen LogP contribution in [0.2, 0.25) is 0 Å². The quantitative estimate of drug-likeness (QED) is 0.0347. The second-order valence-electron chi connectivity index (χ2n) is 10.9. The largest absolute Gasteiger partial charge is 0.507 e. The number of anilines is 2. The Morgan fingerprint density at radius 2 is 0.750 bits per heavy atom. The Kier molecular flexibility index (Phi) is 26.0. The van der Waals surface area contributed by atoms with Gasteiger partial charge in [0.15, 0.2) is 0 Å². The highest BCUT2D eigenvalue weighted by molar-refractivity contribution is 6.33. The van der Waals surface area contributed by atoms with Gasteiger partial charge in [-0.25, -0.2) is 0 Å². The van der Waals surface area contributed by atoms with E-state index in [9.17, 15) is 19.8 Å². The van der Waals surface area contributed by atoms with Crippen LogP contribution in [-0.2, 0) is 28.4 Å². The van der Waals surface area contributed by atoms with Gasteiger partial charge in [-0.2, -0.15) is 0 Å². The van der Waals surface area contributed by atoms with Gasteiger partial charge in [0.1, 0.15) is 11.5 Å². The Morgan fingerprint density at radius 1 is 0.423 bits per heavy atom. The molecule has 16 nitrogen and oxygen atoms in total. The van der Waals surface area contributed by atoms with Crippen LogP contribution in [0.15, 0.2) is 24.3 Å². The fraction of sp³-hybridized carbons (Fsp3) is 0.588. The molecule has 0 spiro atoms. The Balaban J connectivity index is 0.00000676. The maximum absolute atomic E-state index is 13.7. The van der Waals surface area contributed by atoms with E-state index in [1.54, 1.807) is 12.1 Å². The molecule has 296 valence electrons. The number of benzene rings is 2. The van der Waals surface area contributed by atoms with E-state index in [1.807, 2.05) is 0 Å². The van der Waals surface area contributed by atoms with E-state index in [2.05, 4.69) is 21.3 Å². The summed E-state index contributed by atoms with van der Waals surface area (Å²) in [5, 5.41) is 51.3. The maximum Gasteiger partial charge on any atom is 0.200 e. The molecule has 18 heteroatoms. The number of ether oxygens (including phenoxy) is 6. The first kappa shape index (κ1) is 47.2. The molecule has 2 aromatic carbocycles. The van der Waals surface area contributed by atoms with Gasteiger partial charge in [0, 0.05) is 50.6 Å². The normalized spacial score (nSPS) is 11.8. The van der Waals surface area contributed by atoms with Crippen LogP contribution in [0, 0.1) is 0 Å². The van der Waals surface area contributed by atoms with Crippen molar-refractivity contribution in [3.05, 3.63) is 46.5 Å². The lowest BCUT2D eigenvalue weighted by Crippen LogP contribution is -2.29. The number of aliphatic hydroxyl groups excluding tert-OH is 2. The Morgan fingerprint density at radius 3 is 1.10 bits per heavy atom. The molecule has 8 N–H and O–H groups in total. The van der Waals surface area contributed by atoms with Gasteiger partial charge in [0.25, 0.3) is 0 Å². The summed E-state index contributed by atoms with van der Waals surface area (Å²) < 4.78 is 32.1. The molecule has 0 aliphatic heterocycles. The number of fused-ring (bicyclic) bond motifs is 2. The number of nitrogens with one attached hydrogen (secondary N) is 4. The summed E-state index contributed by atoms with van der Waals surface area (Å²) in [6.07, 6.45) is 0. The number of rotatable bonds is 30. The molecular formula is C34H54Cl2N4O12. The van der Waals surface area contributed by atoms with Crippen LogP contribution in [0.3, 0.4) is 0 Å². The highest BCUT2D eigenvalue weighted by Gasteiger charge is 2.37. The van der Waals surface area contributed by atoms with Crippen LogP contribution < -0.4 is 21.3 Å². The van der Waals surface area contributed by atoms with E-state index in [4.69, 9.17) is 38.6 Å². The van der Waals surface area contributed by atoms with E-state index in [0.29, 0.717) is 130 Å². The van der Waals surface area contributed by atoms with Crippen LogP contribution in [0.1, 0.15) is 31.8 Å². The zero-order chi connectivity index (χ0) is 35.8. The molecule has 0 heterocycles. The molecule has 0 saturated carbocycles. The molecule has 0 atom stereocenters. The van der Waals surface area contributed by atoms with Crippen LogP contribution in [0.5, 0.6) is 11.5 Å². The number of hydrogen-bond donors (Lipinski definition) is 8. The van der Waals surface area contributed by atoms with Crippen molar-refractivity contribution >= 4 is 47.8 Å². The van der Waals surface area contributed by atoms with Crippen molar-refractivity contribution in [1.82, 2.24) is 10.6 Å². The molecule has 2 aromatic rings. The third-order valence-electron chi connectivity index (χ3n) is 7.32. The minimum atomic E-state index is -0.561. The SMILES string of the molecule is Cl.Cl.O=C1c2c(O)ccc(O)c2C(=O)c2c(NCCNCCOCCOCCOCCO)ccc(NCCNCCOCCOCCOCCO)c21. The minimum Gasteiger partial charge on any atom is -0.507 e. The number of halogens is 2. The second-order valence-corrected chi connectivity index (χ2v) is 10.9. The summed E-state index contributed by atoms with van der Waals surface area (Å²) in [4.78, 5) is 27.5. The van der Waals surface area contributed by atoms with Crippen molar-refractivity contribution in [1.29, 1.82) is 0 Å². The number of carbonyl (C=O) groups excluding carboxylic acids is 2. The fourth-order valence-corrected chi connectivity index (χ4v) is 4.98. The zero-order valence-corrected chi connectivity index (χ0v) is 31.0. The molecule has 0 aromatic heterocycles. The summed E-state index contributed by atoms with van der Waals surface area (Å²) >= 11 is 0. The third-order valence-corrected chi connectivity index (χ3v) is 7.32. The molecule has 0 amide bonds. The first-order valence-corrected chi connectivity index (χ1v) is 16.9. The fourth-order valence-electron chi connectivity index (χ4n) is 4.98. The summed E-state index contributed by atoms with van der Waals surface area (Å²) in [5.41, 5.74) is 0.687. The number of phenols is 2. The molecule has 1 aliphatic rings. The van der Waals surface area contributed by atoms with Gasteiger partial charge in [-0.05, 0) is 24.3 Å².